The molecule has 0 fully saturated rings. The summed E-state index contributed by atoms with van der Waals surface area (Å²) in [5.74, 6) is 4.58. The van der Waals surface area contributed by atoms with Crippen LogP contribution in [0.3, 0.4) is 0 Å². The number of aromatic nitrogens is 3. The number of halogens is 4. The molecule has 3 aromatic rings. The predicted octanol–water partition coefficient (Wildman–Crippen LogP) is 3.65. The maximum absolute atomic E-state index is 13.3. The van der Waals surface area contributed by atoms with Crippen LogP contribution in [-0.4, -0.2) is 27.1 Å². The number of alkyl halides is 3. The number of hydrazine groups is 1. The van der Waals surface area contributed by atoms with Crippen LogP contribution >= 0.6 is 11.6 Å². The summed E-state index contributed by atoms with van der Waals surface area (Å²) in [6.45, 7) is 3.41. The van der Waals surface area contributed by atoms with Crippen molar-refractivity contribution in [3.8, 4) is 5.82 Å². The summed E-state index contributed by atoms with van der Waals surface area (Å²) < 4.78 is 40.6. The maximum atomic E-state index is 13.3. The van der Waals surface area contributed by atoms with Gasteiger partial charge in [0.25, 0.3) is 5.91 Å². The number of benzene rings is 1. The topological polar surface area (TPSA) is 106 Å². The van der Waals surface area contributed by atoms with Crippen LogP contribution in [0.5, 0.6) is 0 Å². The molecule has 0 atom stereocenters. The highest BCUT2D eigenvalue weighted by Gasteiger charge is 2.36. The van der Waals surface area contributed by atoms with Gasteiger partial charge in [-0.1, -0.05) is 17.7 Å². The molecule has 2 heterocycles. The smallest absolute Gasteiger partial charge is 0.319 e. The van der Waals surface area contributed by atoms with E-state index in [-0.39, 0.29) is 22.2 Å². The van der Waals surface area contributed by atoms with Crippen LogP contribution in [0.25, 0.3) is 5.82 Å². The van der Waals surface area contributed by atoms with Gasteiger partial charge in [0.15, 0.2) is 11.5 Å². The van der Waals surface area contributed by atoms with E-state index < -0.39 is 23.5 Å². The van der Waals surface area contributed by atoms with Crippen LogP contribution in [0.2, 0.25) is 5.02 Å². The van der Waals surface area contributed by atoms with Crippen LogP contribution < -0.4 is 16.2 Å². The van der Waals surface area contributed by atoms with Gasteiger partial charge in [0.2, 0.25) is 6.41 Å². The number of aryl methyl sites for hydroxylation is 2. The second-order valence-corrected chi connectivity index (χ2v) is 6.98. The number of pyridine rings is 1. The van der Waals surface area contributed by atoms with Crippen LogP contribution in [0.4, 0.5) is 24.5 Å². The minimum Gasteiger partial charge on any atom is -0.319 e. The Balaban J connectivity index is 2.12. The molecule has 0 aliphatic heterocycles. The van der Waals surface area contributed by atoms with Crippen molar-refractivity contribution < 1.29 is 22.8 Å². The monoisotopic (exact) mass is 452 g/mol. The average Bonchev–Trinajstić information content (AvgIpc) is 3.15. The summed E-state index contributed by atoms with van der Waals surface area (Å²) >= 11 is 6.05. The predicted molar refractivity (Wildman–Crippen MR) is 108 cm³/mol. The van der Waals surface area contributed by atoms with Crippen molar-refractivity contribution >= 4 is 35.3 Å². The second kappa shape index (κ2) is 8.36. The van der Waals surface area contributed by atoms with E-state index in [2.05, 4.69) is 15.4 Å². The maximum Gasteiger partial charge on any atom is 0.435 e. The van der Waals surface area contributed by atoms with E-state index in [1.165, 1.54) is 18.3 Å². The van der Waals surface area contributed by atoms with Gasteiger partial charge >= 0.3 is 6.18 Å². The van der Waals surface area contributed by atoms with Gasteiger partial charge in [-0.2, -0.15) is 18.3 Å². The molecule has 0 saturated heterocycles. The third-order valence-electron chi connectivity index (χ3n) is 4.26. The molecule has 0 bridgehead atoms. The van der Waals surface area contributed by atoms with E-state index in [0.717, 1.165) is 10.6 Å². The second-order valence-electron chi connectivity index (χ2n) is 6.58. The minimum absolute atomic E-state index is 0.00494. The van der Waals surface area contributed by atoms with Gasteiger partial charge in [-0.05, 0) is 43.2 Å². The molecule has 0 radical (unpaired) electrons. The van der Waals surface area contributed by atoms with Gasteiger partial charge in [0.1, 0.15) is 5.69 Å². The molecule has 0 saturated carbocycles. The molecule has 8 nitrogen and oxygen atoms in total. The summed E-state index contributed by atoms with van der Waals surface area (Å²) in [5.41, 5.74) is -0.148. The van der Waals surface area contributed by atoms with Crippen molar-refractivity contribution in [3.63, 3.8) is 0 Å². The molecule has 0 aliphatic carbocycles. The van der Waals surface area contributed by atoms with Crippen molar-refractivity contribution in [2.75, 3.05) is 10.3 Å². The minimum atomic E-state index is -4.81. The molecule has 1 aromatic carbocycles. The van der Waals surface area contributed by atoms with Crippen LogP contribution in [0.1, 0.15) is 27.3 Å². The van der Waals surface area contributed by atoms with E-state index in [0.29, 0.717) is 22.7 Å². The van der Waals surface area contributed by atoms with Crippen molar-refractivity contribution in [3.05, 3.63) is 64.1 Å². The van der Waals surface area contributed by atoms with Crippen molar-refractivity contribution in [2.24, 2.45) is 5.84 Å². The number of amides is 2. The van der Waals surface area contributed by atoms with E-state index in [1.54, 1.807) is 26.0 Å². The zero-order valence-corrected chi connectivity index (χ0v) is 17.0. The van der Waals surface area contributed by atoms with Gasteiger partial charge in [0.05, 0.1) is 16.4 Å². The normalized spacial score (nSPS) is 11.3. The van der Waals surface area contributed by atoms with Crippen LogP contribution in [-0.2, 0) is 11.0 Å². The number of nitrogens with one attached hydrogen (secondary N) is 1. The quantitative estimate of drug-likeness (QED) is 0.266. The highest BCUT2D eigenvalue weighted by atomic mass is 35.5. The lowest BCUT2D eigenvalue weighted by Gasteiger charge is -2.19. The Kier molecular flexibility index (Phi) is 6.00. The average molecular weight is 453 g/mol. The van der Waals surface area contributed by atoms with Gasteiger partial charge in [-0.25, -0.2) is 20.5 Å². The first-order chi connectivity index (χ1) is 14.5. The zero-order valence-electron chi connectivity index (χ0n) is 16.2. The van der Waals surface area contributed by atoms with Crippen molar-refractivity contribution in [1.82, 2.24) is 14.8 Å². The highest BCUT2D eigenvalue weighted by Crippen LogP contribution is 2.32. The van der Waals surface area contributed by atoms with E-state index >= 15 is 0 Å². The fraction of sp³-hybridized carbons (Fsp3) is 0.158. The van der Waals surface area contributed by atoms with E-state index in [9.17, 15) is 22.8 Å². The largest absolute Gasteiger partial charge is 0.435 e. The van der Waals surface area contributed by atoms with Crippen LogP contribution in [0.15, 0.2) is 36.5 Å². The number of hydrogen-bond acceptors (Lipinski definition) is 5. The molecular formula is C19H16ClF3N6O2. The number of carbonyl (C=O) groups excluding carboxylic acids is 2. The van der Waals surface area contributed by atoms with Gasteiger partial charge in [-0.15, -0.1) is 0 Å². The molecule has 2 aromatic heterocycles. The molecule has 0 spiro atoms. The SMILES string of the molecule is Cc1cc(C)c(NC(=O)c2cc(C(F)(F)F)nn2-c2ncccc2Cl)c(N(N)C=O)c1. The van der Waals surface area contributed by atoms with Gasteiger partial charge in [0, 0.05) is 12.3 Å². The first-order valence-corrected chi connectivity index (χ1v) is 9.10. The van der Waals surface area contributed by atoms with Crippen LogP contribution in [0, 0.1) is 13.8 Å². The fourth-order valence-electron chi connectivity index (χ4n) is 2.92. The number of hydrogen-bond donors (Lipinski definition) is 2. The van der Waals surface area contributed by atoms with Gasteiger partial charge in [-0.3, -0.25) is 9.59 Å². The molecule has 0 unspecified atom stereocenters. The van der Waals surface area contributed by atoms with Crippen molar-refractivity contribution in [1.29, 1.82) is 0 Å². The lowest BCUT2D eigenvalue weighted by Crippen LogP contribution is -2.30. The van der Waals surface area contributed by atoms with Gasteiger partial charge < -0.3 is 5.32 Å². The molecule has 162 valence electrons. The third-order valence-corrected chi connectivity index (χ3v) is 4.56. The molecule has 0 aliphatic rings. The highest BCUT2D eigenvalue weighted by molar-refractivity contribution is 6.32. The Morgan fingerprint density at radius 1 is 1.29 bits per heavy atom. The standard InChI is InChI=1S/C19H16ClF3N6O2/c1-10-6-11(2)16(13(7-10)28(24)9-30)26-18(31)14-8-15(19(21,22)23)27-29(14)17-12(20)4-3-5-25-17/h3-9H,24H2,1-2H3,(H,26,31). The summed E-state index contributed by atoms with van der Waals surface area (Å²) in [4.78, 5) is 28.1. The Morgan fingerprint density at radius 2 is 2.00 bits per heavy atom. The Hall–Kier alpha value is -3.44. The summed E-state index contributed by atoms with van der Waals surface area (Å²) in [5, 5.41) is 6.74. The first-order valence-electron chi connectivity index (χ1n) is 8.73. The zero-order chi connectivity index (χ0) is 22.9. The van der Waals surface area contributed by atoms with Crippen molar-refractivity contribution in [2.45, 2.75) is 20.0 Å². The number of rotatable bonds is 5. The Labute approximate surface area is 179 Å². The number of carbonyl (C=O) groups is 2. The molecule has 31 heavy (non-hydrogen) atoms. The molecule has 2 amide bonds. The summed E-state index contributed by atoms with van der Waals surface area (Å²) in [6.07, 6.45) is -3.17. The molecule has 12 heteroatoms. The molecular weight excluding hydrogens is 437 g/mol. The first kappa shape index (κ1) is 22.2. The number of anilines is 2. The summed E-state index contributed by atoms with van der Waals surface area (Å²) in [6, 6.07) is 6.73. The molecule has 3 N–H and O–H groups in total. The Bertz CT molecular complexity index is 1160. The third kappa shape index (κ3) is 4.52. The lowest BCUT2D eigenvalue weighted by atomic mass is 10.1. The van der Waals surface area contributed by atoms with E-state index in [1.807, 2.05) is 0 Å². The Morgan fingerprint density at radius 3 is 2.61 bits per heavy atom. The number of nitrogens with two attached hydrogens (primary N) is 1. The van der Waals surface area contributed by atoms with E-state index in [4.69, 9.17) is 17.4 Å². The molecule has 3 rings (SSSR count). The fourth-order valence-corrected chi connectivity index (χ4v) is 3.12. The number of nitrogens with zero attached hydrogens (tertiary/aromatic N) is 4. The summed E-state index contributed by atoms with van der Waals surface area (Å²) in [7, 11) is 0. The lowest BCUT2D eigenvalue weighted by molar-refractivity contribution is -0.141.